The van der Waals surface area contributed by atoms with Gasteiger partial charge < -0.3 is 4.98 Å². The number of rotatable bonds is 3. The molecule has 3 aromatic rings. The minimum atomic E-state index is -0.846. The number of hydrogen-bond donors (Lipinski definition) is 1. The molecule has 3 rings (SSSR count). The molecule has 0 fully saturated rings. The summed E-state index contributed by atoms with van der Waals surface area (Å²) >= 11 is 0. The van der Waals surface area contributed by atoms with Crippen molar-refractivity contribution >= 4 is 16.7 Å². The number of carbonyl (C=O) groups excluding carboxylic acids is 1. The van der Waals surface area contributed by atoms with Gasteiger partial charge in [-0.15, -0.1) is 0 Å². The lowest BCUT2D eigenvalue weighted by Gasteiger charge is -2.04. The van der Waals surface area contributed by atoms with Gasteiger partial charge in [-0.1, -0.05) is 31.2 Å². The van der Waals surface area contributed by atoms with Crippen LogP contribution in [0.4, 0.5) is 8.78 Å². The van der Waals surface area contributed by atoms with Gasteiger partial charge in [0.1, 0.15) is 11.6 Å². The monoisotopic (exact) mass is 285 g/mol. The second-order valence-corrected chi connectivity index (χ2v) is 4.82. The van der Waals surface area contributed by atoms with Crippen LogP contribution < -0.4 is 0 Å². The highest BCUT2D eigenvalue weighted by Gasteiger charge is 2.21. The number of carbonyl (C=O) groups is 1. The zero-order valence-electron chi connectivity index (χ0n) is 11.4. The van der Waals surface area contributed by atoms with Crippen LogP contribution in [0.3, 0.4) is 0 Å². The van der Waals surface area contributed by atoms with Gasteiger partial charge in [-0.3, -0.25) is 4.79 Å². The van der Waals surface area contributed by atoms with Gasteiger partial charge in [0.15, 0.2) is 0 Å². The molecule has 0 saturated carbocycles. The van der Waals surface area contributed by atoms with Crippen LogP contribution in [-0.2, 0) is 6.42 Å². The van der Waals surface area contributed by atoms with Crippen LogP contribution in [0.15, 0.2) is 42.6 Å². The number of aryl methyl sites for hydroxylation is 1. The van der Waals surface area contributed by atoms with Gasteiger partial charge in [0.25, 0.3) is 0 Å². The molecule has 0 radical (unpaired) electrons. The summed E-state index contributed by atoms with van der Waals surface area (Å²) in [4.78, 5) is 15.5. The third-order valence-corrected chi connectivity index (χ3v) is 3.62. The van der Waals surface area contributed by atoms with Crippen LogP contribution in [-0.4, -0.2) is 10.8 Å². The molecule has 21 heavy (non-hydrogen) atoms. The number of para-hydroxylation sites is 1. The zero-order chi connectivity index (χ0) is 15.0. The van der Waals surface area contributed by atoms with E-state index in [0.717, 1.165) is 29.6 Å². The second kappa shape index (κ2) is 5.13. The standard InChI is InChI=1S/C17H13F2NO/c1-2-10-5-3-6-11-12(9-20-16(10)11)17(21)15-13(18)7-4-8-14(15)19/h3-9,20H,2H2,1H3. The Kier molecular flexibility index (Phi) is 3.29. The number of aromatic nitrogens is 1. The summed E-state index contributed by atoms with van der Waals surface area (Å²) in [5.41, 5.74) is 1.66. The smallest absolute Gasteiger partial charge is 0.201 e. The average Bonchev–Trinajstić information content (AvgIpc) is 2.90. The van der Waals surface area contributed by atoms with Gasteiger partial charge in [-0.2, -0.15) is 0 Å². The van der Waals surface area contributed by atoms with Crippen LogP contribution in [0.1, 0.15) is 28.4 Å². The first-order valence-electron chi connectivity index (χ1n) is 6.71. The number of aromatic amines is 1. The van der Waals surface area contributed by atoms with E-state index in [4.69, 9.17) is 0 Å². The van der Waals surface area contributed by atoms with Crippen molar-refractivity contribution < 1.29 is 13.6 Å². The van der Waals surface area contributed by atoms with Crippen molar-refractivity contribution in [2.24, 2.45) is 0 Å². The fraction of sp³-hybridized carbons (Fsp3) is 0.118. The largest absolute Gasteiger partial charge is 0.360 e. The fourth-order valence-electron chi connectivity index (χ4n) is 2.55. The highest BCUT2D eigenvalue weighted by molar-refractivity contribution is 6.16. The first-order chi connectivity index (χ1) is 10.1. The molecule has 0 aliphatic heterocycles. The van der Waals surface area contributed by atoms with E-state index in [1.54, 1.807) is 6.07 Å². The summed E-state index contributed by atoms with van der Waals surface area (Å²) in [5, 5.41) is 0.682. The lowest BCUT2D eigenvalue weighted by molar-refractivity contribution is 0.103. The van der Waals surface area contributed by atoms with Gasteiger partial charge in [0.05, 0.1) is 5.56 Å². The molecule has 0 aliphatic rings. The SMILES string of the molecule is CCc1cccc2c(C(=O)c3c(F)cccc3F)c[nH]c12. The summed E-state index contributed by atoms with van der Waals surface area (Å²) in [6, 6.07) is 8.98. The van der Waals surface area contributed by atoms with Crippen LogP contribution in [0.25, 0.3) is 10.9 Å². The topological polar surface area (TPSA) is 32.9 Å². The number of ketones is 1. The Morgan fingerprint density at radius 1 is 1.10 bits per heavy atom. The van der Waals surface area contributed by atoms with Crippen molar-refractivity contribution in [1.82, 2.24) is 4.98 Å². The van der Waals surface area contributed by atoms with Gasteiger partial charge in [-0.25, -0.2) is 8.78 Å². The maximum atomic E-state index is 13.8. The van der Waals surface area contributed by atoms with E-state index in [1.165, 1.54) is 12.3 Å². The van der Waals surface area contributed by atoms with Gasteiger partial charge in [0, 0.05) is 22.7 Å². The predicted molar refractivity (Wildman–Crippen MR) is 77.5 cm³/mol. The van der Waals surface area contributed by atoms with Crippen molar-refractivity contribution in [3.05, 3.63) is 70.9 Å². The maximum absolute atomic E-state index is 13.8. The van der Waals surface area contributed by atoms with Crippen LogP contribution in [0, 0.1) is 11.6 Å². The lowest BCUT2D eigenvalue weighted by Crippen LogP contribution is -2.06. The predicted octanol–water partition coefficient (Wildman–Crippen LogP) is 4.24. The summed E-state index contributed by atoms with van der Waals surface area (Å²) in [7, 11) is 0. The quantitative estimate of drug-likeness (QED) is 0.717. The first kappa shape index (κ1) is 13.5. The first-order valence-corrected chi connectivity index (χ1v) is 6.71. The molecule has 1 heterocycles. The Labute approximate surface area is 120 Å². The number of benzene rings is 2. The summed E-state index contributed by atoms with van der Waals surface area (Å²) in [6.07, 6.45) is 2.32. The van der Waals surface area contributed by atoms with Gasteiger partial charge in [-0.05, 0) is 24.1 Å². The summed E-state index contributed by atoms with van der Waals surface area (Å²) < 4.78 is 27.5. The molecule has 0 saturated heterocycles. The van der Waals surface area contributed by atoms with E-state index < -0.39 is 23.0 Å². The van der Waals surface area contributed by atoms with E-state index in [2.05, 4.69) is 4.98 Å². The molecule has 2 nitrogen and oxygen atoms in total. The normalized spacial score (nSPS) is 11.0. The van der Waals surface area contributed by atoms with Crippen molar-refractivity contribution in [2.45, 2.75) is 13.3 Å². The minimum absolute atomic E-state index is 0.282. The highest BCUT2D eigenvalue weighted by Crippen LogP contribution is 2.26. The molecule has 0 unspecified atom stereocenters. The van der Waals surface area contributed by atoms with Crippen LogP contribution >= 0.6 is 0 Å². The Morgan fingerprint density at radius 2 is 1.76 bits per heavy atom. The molecule has 0 spiro atoms. The van der Waals surface area contributed by atoms with Crippen LogP contribution in [0.2, 0.25) is 0 Å². The third-order valence-electron chi connectivity index (χ3n) is 3.62. The molecule has 106 valence electrons. The average molecular weight is 285 g/mol. The van der Waals surface area contributed by atoms with Crippen molar-refractivity contribution in [3.63, 3.8) is 0 Å². The molecule has 1 aromatic heterocycles. The van der Waals surface area contributed by atoms with E-state index >= 15 is 0 Å². The van der Waals surface area contributed by atoms with Crippen molar-refractivity contribution in [2.75, 3.05) is 0 Å². The molecule has 2 aromatic carbocycles. The number of fused-ring (bicyclic) bond motifs is 1. The van der Waals surface area contributed by atoms with E-state index in [0.29, 0.717) is 5.39 Å². The highest BCUT2D eigenvalue weighted by atomic mass is 19.1. The van der Waals surface area contributed by atoms with Crippen molar-refractivity contribution in [3.8, 4) is 0 Å². The molecule has 0 aliphatic carbocycles. The Balaban J connectivity index is 2.19. The number of H-pyrrole nitrogens is 1. The van der Waals surface area contributed by atoms with Crippen molar-refractivity contribution in [1.29, 1.82) is 0 Å². The maximum Gasteiger partial charge on any atom is 0.201 e. The number of nitrogens with one attached hydrogen (secondary N) is 1. The van der Waals surface area contributed by atoms with E-state index in [-0.39, 0.29) is 5.56 Å². The van der Waals surface area contributed by atoms with Gasteiger partial charge >= 0.3 is 0 Å². The molecule has 4 heteroatoms. The third kappa shape index (κ3) is 2.13. The summed E-state index contributed by atoms with van der Waals surface area (Å²) in [5.74, 6) is -2.34. The summed E-state index contributed by atoms with van der Waals surface area (Å²) in [6.45, 7) is 2.01. The molecule has 0 amide bonds. The second-order valence-electron chi connectivity index (χ2n) is 4.82. The molecule has 1 N–H and O–H groups in total. The molecule has 0 bridgehead atoms. The molecular formula is C17H13F2NO. The van der Waals surface area contributed by atoms with Crippen LogP contribution in [0.5, 0.6) is 0 Å². The Bertz CT molecular complexity index is 816. The minimum Gasteiger partial charge on any atom is -0.360 e. The number of halogens is 2. The fourth-order valence-corrected chi connectivity index (χ4v) is 2.55. The number of hydrogen-bond acceptors (Lipinski definition) is 1. The Hall–Kier alpha value is -2.49. The van der Waals surface area contributed by atoms with Gasteiger partial charge in [0.2, 0.25) is 5.78 Å². The molecular weight excluding hydrogens is 272 g/mol. The Morgan fingerprint density at radius 3 is 2.43 bits per heavy atom. The zero-order valence-corrected chi connectivity index (χ0v) is 11.4. The lowest BCUT2D eigenvalue weighted by atomic mass is 10.00. The molecule has 0 atom stereocenters. The van der Waals surface area contributed by atoms with E-state index in [9.17, 15) is 13.6 Å². The van der Waals surface area contributed by atoms with E-state index in [1.807, 2.05) is 19.1 Å².